The monoisotopic (exact) mass is 456 g/mol. The molecule has 0 aliphatic heterocycles. The van der Waals surface area contributed by atoms with Crippen LogP contribution in [0.5, 0.6) is 0 Å². The van der Waals surface area contributed by atoms with Gasteiger partial charge in [0, 0.05) is 0 Å². The Morgan fingerprint density at radius 3 is 2.39 bits per heavy atom. The van der Waals surface area contributed by atoms with Crippen LogP contribution in [0.1, 0.15) is 27.7 Å². The average molecular weight is 455 g/mol. The number of benzene rings is 1. The van der Waals surface area contributed by atoms with Gasteiger partial charge in [-0.3, -0.25) is 0 Å². The molecule has 0 unspecified atom stereocenters. The van der Waals surface area contributed by atoms with Crippen LogP contribution in [0.2, 0.25) is 5.32 Å². The number of carbonyl (C=O) groups excluding carboxylic acids is 3. The number of amides is 2. The van der Waals surface area contributed by atoms with Crippen molar-refractivity contribution in [3.8, 4) is 0 Å². The number of carbonyl (C=O) groups is 3. The van der Waals surface area contributed by atoms with Gasteiger partial charge in [-0.15, -0.1) is 0 Å². The number of esters is 1. The van der Waals surface area contributed by atoms with Crippen LogP contribution in [0, 0.1) is 0 Å². The van der Waals surface area contributed by atoms with Gasteiger partial charge >= 0.3 is 172 Å². The van der Waals surface area contributed by atoms with Crippen LogP contribution in [0.15, 0.2) is 43.0 Å². The molecule has 2 atom stereocenters. The SMILES string of the molecule is C=CCOC(=O)[C@H](C[Se]c1ccccc1)NC(=O)[C@H](C)NC(=O)OC(C)(C)C. The van der Waals surface area contributed by atoms with Crippen LogP contribution in [0.4, 0.5) is 4.79 Å². The van der Waals surface area contributed by atoms with Crippen molar-refractivity contribution in [2.45, 2.75) is 50.7 Å². The Morgan fingerprint density at radius 1 is 1.18 bits per heavy atom. The summed E-state index contributed by atoms with van der Waals surface area (Å²) in [6.45, 7) is 10.3. The molecule has 7 nitrogen and oxygen atoms in total. The fourth-order valence-corrected chi connectivity index (χ4v) is 3.90. The summed E-state index contributed by atoms with van der Waals surface area (Å²) in [4.78, 5) is 36.6. The Bertz CT molecular complexity index is 673. The molecule has 0 aliphatic rings. The minimum atomic E-state index is -0.867. The van der Waals surface area contributed by atoms with E-state index in [4.69, 9.17) is 9.47 Å². The maximum atomic E-state index is 12.4. The summed E-state index contributed by atoms with van der Waals surface area (Å²) >= 11 is -0.0335. The van der Waals surface area contributed by atoms with E-state index in [2.05, 4.69) is 17.2 Å². The van der Waals surface area contributed by atoms with Crippen molar-refractivity contribution >= 4 is 37.4 Å². The van der Waals surface area contributed by atoms with Crippen LogP contribution < -0.4 is 15.1 Å². The summed E-state index contributed by atoms with van der Waals surface area (Å²) in [6, 6.07) is 8.04. The van der Waals surface area contributed by atoms with E-state index < -0.39 is 35.7 Å². The van der Waals surface area contributed by atoms with Crippen molar-refractivity contribution < 1.29 is 23.9 Å². The third kappa shape index (κ3) is 9.57. The summed E-state index contributed by atoms with van der Waals surface area (Å²) in [7, 11) is 0. The first-order valence-electron chi connectivity index (χ1n) is 8.87. The van der Waals surface area contributed by atoms with Crippen molar-refractivity contribution in [2.75, 3.05) is 6.61 Å². The predicted molar refractivity (Wildman–Crippen MR) is 109 cm³/mol. The first-order valence-corrected chi connectivity index (χ1v) is 10.9. The zero-order valence-corrected chi connectivity index (χ0v) is 18.4. The van der Waals surface area contributed by atoms with Gasteiger partial charge in [-0.1, -0.05) is 0 Å². The maximum absolute atomic E-state index is 12.4. The van der Waals surface area contributed by atoms with E-state index in [9.17, 15) is 14.4 Å². The molecule has 2 N–H and O–H groups in total. The van der Waals surface area contributed by atoms with E-state index in [1.807, 2.05) is 30.3 Å². The molecular formula is C20H28N2O5Se. The number of rotatable bonds is 9. The van der Waals surface area contributed by atoms with Gasteiger partial charge in [-0.25, -0.2) is 0 Å². The molecule has 1 aromatic rings. The molecule has 1 aromatic carbocycles. The molecule has 28 heavy (non-hydrogen) atoms. The van der Waals surface area contributed by atoms with Gasteiger partial charge in [0.1, 0.15) is 0 Å². The van der Waals surface area contributed by atoms with Gasteiger partial charge < -0.3 is 0 Å². The molecule has 154 valence electrons. The van der Waals surface area contributed by atoms with E-state index in [0.29, 0.717) is 5.32 Å². The molecule has 0 aliphatic carbocycles. The van der Waals surface area contributed by atoms with Crippen molar-refractivity contribution in [3.63, 3.8) is 0 Å². The quantitative estimate of drug-likeness (QED) is 0.335. The molecule has 0 bridgehead atoms. The fraction of sp³-hybridized carbons (Fsp3) is 0.450. The molecule has 0 spiro atoms. The number of nitrogens with one attached hydrogen (secondary N) is 2. The molecule has 0 saturated carbocycles. The molecular weight excluding hydrogens is 427 g/mol. The van der Waals surface area contributed by atoms with Crippen LogP contribution in [0.25, 0.3) is 0 Å². The van der Waals surface area contributed by atoms with Gasteiger partial charge in [-0.05, 0) is 0 Å². The Labute approximate surface area is 172 Å². The summed E-state index contributed by atoms with van der Waals surface area (Å²) in [6.07, 6.45) is 0.764. The first kappa shape index (κ1) is 23.7. The normalized spacial score (nSPS) is 13.0. The summed E-state index contributed by atoms with van der Waals surface area (Å²) in [5, 5.41) is 5.55. The molecule has 8 heteroatoms. The van der Waals surface area contributed by atoms with E-state index in [0.717, 1.165) is 4.46 Å². The molecule has 0 radical (unpaired) electrons. The van der Waals surface area contributed by atoms with E-state index in [1.54, 1.807) is 20.8 Å². The predicted octanol–water partition coefficient (Wildman–Crippen LogP) is 1.56. The summed E-state index contributed by atoms with van der Waals surface area (Å²) in [5.74, 6) is -1.02. The standard InChI is InChI=1S/C20H28N2O5Se/c1-6-12-26-18(24)16(13-28-15-10-8-7-9-11-15)22-17(23)14(2)21-19(25)27-20(3,4)5/h6-11,14,16H,1,12-13H2,2-5H3,(H,21,25)(H,22,23)/t14-,16-/m0/s1. The van der Waals surface area contributed by atoms with Crippen LogP contribution >= 0.6 is 0 Å². The second-order valence-corrected chi connectivity index (χ2v) is 9.27. The van der Waals surface area contributed by atoms with Gasteiger partial charge in [0.2, 0.25) is 0 Å². The van der Waals surface area contributed by atoms with Gasteiger partial charge in [0.25, 0.3) is 0 Å². The molecule has 0 heterocycles. The Kier molecular flexibility index (Phi) is 9.76. The van der Waals surface area contributed by atoms with Crippen LogP contribution in [-0.4, -0.2) is 57.2 Å². The third-order valence-corrected chi connectivity index (χ3v) is 5.55. The number of ether oxygens (including phenoxy) is 2. The Balaban J connectivity index is 2.69. The van der Waals surface area contributed by atoms with Crippen molar-refractivity contribution in [2.24, 2.45) is 0 Å². The van der Waals surface area contributed by atoms with E-state index in [-0.39, 0.29) is 21.6 Å². The van der Waals surface area contributed by atoms with E-state index >= 15 is 0 Å². The second-order valence-electron chi connectivity index (χ2n) is 6.97. The molecule has 1 rings (SSSR count). The van der Waals surface area contributed by atoms with Gasteiger partial charge in [-0.2, -0.15) is 0 Å². The van der Waals surface area contributed by atoms with Crippen molar-refractivity contribution in [1.29, 1.82) is 0 Å². The van der Waals surface area contributed by atoms with Crippen molar-refractivity contribution in [1.82, 2.24) is 10.6 Å². The molecule has 0 saturated heterocycles. The topological polar surface area (TPSA) is 93.7 Å². The number of hydrogen-bond acceptors (Lipinski definition) is 5. The minimum absolute atomic E-state index is 0.0335. The number of alkyl carbamates (subject to hydrolysis) is 1. The molecule has 0 fully saturated rings. The van der Waals surface area contributed by atoms with Crippen molar-refractivity contribution in [3.05, 3.63) is 43.0 Å². The van der Waals surface area contributed by atoms with Crippen LogP contribution in [-0.2, 0) is 19.1 Å². The molecule has 0 aromatic heterocycles. The summed E-state index contributed by atoms with van der Waals surface area (Å²) in [5.41, 5.74) is -0.671. The first-order chi connectivity index (χ1) is 13.1. The summed E-state index contributed by atoms with van der Waals surface area (Å²) < 4.78 is 11.3. The number of hydrogen-bond donors (Lipinski definition) is 2. The zero-order valence-electron chi connectivity index (χ0n) is 16.7. The van der Waals surface area contributed by atoms with Gasteiger partial charge in [0.05, 0.1) is 0 Å². The van der Waals surface area contributed by atoms with E-state index in [1.165, 1.54) is 13.0 Å². The zero-order chi connectivity index (χ0) is 21.2. The Morgan fingerprint density at radius 2 is 1.82 bits per heavy atom. The average Bonchev–Trinajstić information content (AvgIpc) is 2.62. The third-order valence-electron chi connectivity index (χ3n) is 3.23. The molecule has 2 amide bonds. The fourth-order valence-electron chi connectivity index (χ4n) is 1.95. The van der Waals surface area contributed by atoms with Gasteiger partial charge in [0.15, 0.2) is 0 Å². The second kappa shape index (κ2) is 11.5. The Hall–Kier alpha value is -2.31. The van der Waals surface area contributed by atoms with Crippen LogP contribution in [0.3, 0.4) is 0 Å².